The first-order valence-electron chi connectivity index (χ1n) is 5.36. The van der Waals surface area contributed by atoms with Gasteiger partial charge in [-0.2, -0.15) is 0 Å². The summed E-state index contributed by atoms with van der Waals surface area (Å²) in [5.74, 6) is 0.679. The molecule has 0 bridgehead atoms. The summed E-state index contributed by atoms with van der Waals surface area (Å²) in [4.78, 5) is 10.8. The number of anilines is 1. The van der Waals surface area contributed by atoms with E-state index in [4.69, 9.17) is 0 Å². The van der Waals surface area contributed by atoms with E-state index in [1.807, 2.05) is 12.1 Å². The lowest BCUT2D eigenvalue weighted by molar-refractivity contribution is -0.114. The first-order valence-corrected chi connectivity index (χ1v) is 5.36. The van der Waals surface area contributed by atoms with Gasteiger partial charge in [-0.1, -0.05) is 26.0 Å². The quantitative estimate of drug-likeness (QED) is 0.786. The van der Waals surface area contributed by atoms with Crippen LogP contribution in [0.5, 0.6) is 0 Å². The number of hydrogen-bond acceptors (Lipinski definition) is 1. The SMILES string of the molecule is CC(=O)Nc1ccc(C2CC2(C)C)cc1. The second kappa shape index (κ2) is 3.37. The van der Waals surface area contributed by atoms with Gasteiger partial charge in [0.2, 0.25) is 5.91 Å². The summed E-state index contributed by atoms with van der Waals surface area (Å²) >= 11 is 0. The summed E-state index contributed by atoms with van der Waals surface area (Å²) in [5, 5.41) is 2.77. The molecule has 1 saturated carbocycles. The maximum Gasteiger partial charge on any atom is 0.221 e. The van der Waals surface area contributed by atoms with E-state index in [-0.39, 0.29) is 5.91 Å². The number of carbonyl (C=O) groups excluding carboxylic acids is 1. The minimum Gasteiger partial charge on any atom is -0.326 e. The van der Waals surface area contributed by atoms with E-state index in [1.54, 1.807) is 0 Å². The van der Waals surface area contributed by atoms with E-state index in [0.29, 0.717) is 11.3 Å². The van der Waals surface area contributed by atoms with Gasteiger partial charge >= 0.3 is 0 Å². The van der Waals surface area contributed by atoms with Gasteiger partial charge in [0.25, 0.3) is 0 Å². The van der Waals surface area contributed by atoms with Crippen molar-refractivity contribution in [2.75, 3.05) is 5.32 Å². The number of nitrogens with one attached hydrogen (secondary N) is 1. The van der Waals surface area contributed by atoms with Gasteiger partial charge in [0.1, 0.15) is 0 Å². The number of benzene rings is 1. The highest BCUT2D eigenvalue weighted by Crippen LogP contribution is 2.58. The second-order valence-corrected chi connectivity index (χ2v) is 5.05. The fourth-order valence-electron chi connectivity index (χ4n) is 2.04. The molecule has 1 aliphatic carbocycles. The molecule has 0 aromatic heterocycles. The van der Waals surface area contributed by atoms with Crippen molar-refractivity contribution in [3.63, 3.8) is 0 Å². The largest absolute Gasteiger partial charge is 0.326 e. The maximum atomic E-state index is 10.8. The molecule has 1 aliphatic rings. The van der Waals surface area contributed by atoms with Crippen molar-refractivity contribution < 1.29 is 4.79 Å². The third-order valence-electron chi connectivity index (χ3n) is 3.15. The van der Waals surface area contributed by atoms with E-state index in [0.717, 1.165) is 5.69 Å². The Kier molecular flexibility index (Phi) is 2.29. The second-order valence-electron chi connectivity index (χ2n) is 5.05. The molecule has 1 amide bonds. The number of rotatable bonds is 2. The van der Waals surface area contributed by atoms with E-state index < -0.39 is 0 Å². The Hall–Kier alpha value is -1.31. The highest BCUT2D eigenvalue weighted by molar-refractivity contribution is 5.88. The first-order chi connectivity index (χ1) is 6.99. The van der Waals surface area contributed by atoms with Gasteiger partial charge in [0, 0.05) is 12.6 Å². The molecule has 1 atom stereocenters. The molecule has 0 radical (unpaired) electrons. The Bertz CT molecular complexity index is 378. The molecule has 1 fully saturated rings. The Morgan fingerprint density at radius 2 is 1.87 bits per heavy atom. The molecule has 1 unspecified atom stereocenters. The molecule has 0 heterocycles. The summed E-state index contributed by atoms with van der Waals surface area (Å²) in [7, 11) is 0. The Balaban J connectivity index is 2.08. The lowest BCUT2D eigenvalue weighted by Crippen LogP contribution is -2.05. The summed E-state index contributed by atoms with van der Waals surface area (Å²) in [6.45, 7) is 6.11. The summed E-state index contributed by atoms with van der Waals surface area (Å²) in [5.41, 5.74) is 2.73. The maximum absolute atomic E-state index is 10.8. The van der Waals surface area contributed by atoms with E-state index >= 15 is 0 Å². The minimum absolute atomic E-state index is 0.0190. The van der Waals surface area contributed by atoms with Crippen molar-refractivity contribution in [3.05, 3.63) is 29.8 Å². The van der Waals surface area contributed by atoms with Crippen LogP contribution >= 0.6 is 0 Å². The standard InChI is InChI=1S/C13H17NO/c1-9(15)14-11-6-4-10(5-7-11)12-8-13(12,2)3/h4-7,12H,8H2,1-3H3,(H,14,15). The van der Waals surface area contributed by atoms with Crippen molar-refractivity contribution in [2.45, 2.75) is 33.1 Å². The van der Waals surface area contributed by atoms with Crippen LogP contribution in [0.3, 0.4) is 0 Å². The highest BCUT2D eigenvalue weighted by Gasteiger charge is 2.46. The average Bonchev–Trinajstić information content (AvgIpc) is 2.75. The van der Waals surface area contributed by atoms with Crippen LogP contribution in [0.1, 0.15) is 38.7 Å². The molecule has 2 heteroatoms. The van der Waals surface area contributed by atoms with Crippen molar-refractivity contribution in [3.8, 4) is 0 Å². The molecule has 80 valence electrons. The molecule has 15 heavy (non-hydrogen) atoms. The van der Waals surface area contributed by atoms with Crippen LogP contribution in [0, 0.1) is 5.41 Å². The van der Waals surface area contributed by atoms with Gasteiger partial charge in [0.15, 0.2) is 0 Å². The fraction of sp³-hybridized carbons (Fsp3) is 0.462. The van der Waals surface area contributed by atoms with Gasteiger partial charge in [0.05, 0.1) is 0 Å². The molecule has 2 rings (SSSR count). The van der Waals surface area contributed by atoms with Crippen molar-refractivity contribution in [1.29, 1.82) is 0 Å². The molecular formula is C13H17NO. The van der Waals surface area contributed by atoms with Gasteiger partial charge < -0.3 is 5.32 Å². The van der Waals surface area contributed by atoms with E-state index in [2.05, 4.69) is 31.3 Å². The summed E-state index contributed by atoms with van der Waals surface area (Å²) in [6.07, 6.45) is 1.27. The molecule has 0 spiro atoms. The smallest absolute Gasteiger partial charge is 0.221 e. The lowest BCUT2D eigenvalue weighted by atomic mass is 10.0. The van der Waals surface area contributed by atoms with Gasteiger partial charge in [-0.25, -0.2) is 0 Å². The van der Waals surface area contributed by atoms with Crippen LogP contribution in [0.25, 0.3) is 0 Å². The molecule has 1 aromatic carbocycles. The Morgan fingerprint density at radius 3 is 2.27 bits per heavy atom. The zero-order valence-corrected chi connectivity index (χ0v) is 9.50. The first kappa shape index (κ1) is 10.2. The van der Waals surface area contributed by atoms with Gasteiger partial charge in [-0.15, -0.1) is 0 Å². The molecule has 2 nitrogen and oxygen atoms in total. The minimum atomic E-state index is -0.0190. The zero-order chi connectivity index (χ0) is 11.1. The molecular weight excluding hydrogens is 186 g/mol. The monoisotopic (exact) mass is 203 g/mol. The van der Waals surface area contributed by atoms with Crippen LogP contribution in [0.15, 0.2) is 24.3 Å². The van der Waals surface area contributed by atoms with Crippen LogP contribution in [0.2, 0.25) is 0 Å². The highest BCUT2D eigenvalue weighted by atomic mass is 16.1. The van der Waals surface area contributed by atoms with Gasteiger partial charge in [-0.3, -0.25) is 4.79 Å². The van der Waals surface area contributed by atoms with Crippen LogP contribution in [0.4, 0.5) is 5.69 Å². The third kappa shape index (κ3) is 2.20. The summed E-state index contributed by atoms with van der Waals surface area (Å²) in [6, 6.07) is 8.19. The molecule has 0 aliphatic heterocycles. The van der Waals surface area contributed by atoms with Crippen LogP contribution in [-0.2, 0) is 4.79 Å². The van der Waals surface area contributed by atoms with Crippen molar-refractivity contribution in [1.82, 2.24) is 0 Å². The lowest BCUT2D eigenvalue weighted by Gasteiger charge is -2.06. The Morgan fingerprint density at radius 1 is 1.33 bits per heavy atom. The number of amides is 1. The van der Waals surface area contributed by atoms with Crippen LogP contribution in [-0.4, -0.2) is 5.91 Å². The van der Waals surface area contributed by atoms with Crippen molar-refractivity contribution in [2.24, 2.45) is 5.41 Å². The molecule has 1 N–H and O–H groups in total. The summed E-state index contributed by atoms with van der Waals surface area (Å²) < 4.78 is 0. The Labute approximate surface area is 90.7 Å². The normalized spacial score (nSPS) is 22.2. The fourth-order valence-corrected chi connectivity index (χ4v) is 2.04. The molecule has 1 aromatic rings. The van der Waals surface area contributed by atoms with E-state index in [9.17, 15) is 4.79 Å². The predicted octanol–water partition coefficient (Wildman–Crippen LogP) is 3.16. The van der Waals surface area contributed by atoms with E-state index in [1.165, 1.54) is 18.9 Å². The predicted molar refractivity (Wildman–Crippen MR) is 61.9 cm³/mol. The number of hydrogen-bond donors (Lipinski definition) is 1. The average molecular weight is 203 g/mol. The number of carbonyl (C=O) groups is 1. The molecule has 0 saturated heterocycles. The third-order valence-corrected chi connectivity index (χ3v) is 3.15. The zero-order valence-electron chi connectivity index (χ0n) is 9.50. The topological polar surface area (TPSA) is 29.1 Å². The van der Waals surface area contributed by atoms with Gasteiger partial charge in [-0.05, 0) is 35.4 Å². The van der Waals surface area contributed by atoms with Crippen LogP contribution < -0.4 is 5.32 Å². The van der Waals surface area contributed by atoms with Crippen molar-refractivity contribution >= 4 is 11.6 Å².